The van der Waals surface area contributed by atoms with Gasteiger partial charge in [0.05, 0.1) is 0 Å². The Balaban J connectivity index is 2.63. The summed E-state index contributed by atoms with van der Waals surface area (Å²) in [4.78, 5) is 2.74. The van der Waals surface area contributed by atoms with Crippen molar-refractivity contribution < 1.29 is 0 Å². The van der Waals surface area contributed by atoms with Gasteiger partial charge in [-0.05, 0) is 36.8 Å². The molecule has 0 heterocycles. The molecule has 92 valence electrons. The number of rotatable bonds is 7. The largest absolute Gasteiger partial charge is 0.0998 e. The summed E-state index contributed by atoms with van der Waals surface area (Å²) in [5.74, 6) is 0. The molecule has 0 fully saturated rings. The summed E-state index contributed by atoms with van der Waals surface area (Å²) in [6.07, 6.45) is 7.08. The SMILES string of the molecule is C=C(C)C/C(=C/CCCC)Sc1ccccc1. The van der Waals surface area contributed by atoms with Crippen molar-refractivity contribution in [3.05, 3.63) is 53.5 Å². The quantitative estimate of drug-likeness (QED) is 0.332. The van der Waals surface area contributed by atoms with Gasteiger partial charge in [0.1, 0.15) is 0 Å². The van der Waals surface area contributed by atoms with Crippen molar-refractivity contribution in [2.24, 2.45) is 0 Å². The maximum atomic E-state index is 4.01. The van der Waals surface area contributed by atoms with Crippen LogP contribution in [0.4, 0.5) is 0 Å². The Hall–Kier alpha value is -0.950. The van der Waals surface area contributed by atoms with Gasteiger partial charge in [-0.3, -0.25) is 0 Å². The average molecular weight is 246 g/mol. The van der Waals surface area contributed by atoms with E-state index in [0.29, 0.717) is 0 Å². The Bertz CT molecular complexity index is 362. The van der Waals surface area contributed by atoms with Crippen molar-refractivity contribution in [3.8, 4) is 0 Å². The maximum Gasteiger partial charge on any atom is 0.0119 e. The predicted octanol–water partition coefficient (Wildman–Crippen LogP) is 5.82. The summed E-state index contributed by atoms with van der Waals surface area (Å²) >= 11 is 1.87. The second-order valence-corrected chi connectivity index (χ2v) is 5.56. The van der Waals surface area contributed by atoms with Gasteiger partial charge < -0.3 is 0 Å². The van der Waals surface area contributed by atoms with Crippen molar-refractivity contribution >= 4 is 11.8 Å². The zero-order valence-corrected chi connectivity index (χ0v) is 11.7. The molecular formula is C16H22S. The first-order valence-electron chi connectivity index (χ1n) is 6.28. The van der Waals surface area contributed by atoms with Gasteiger partial charge in [-0.25, -0.2) is 0 Å². The van der Waals surface area contributed by atoms with E-state index < -0.39 is 0 Å². The lowest BCUT2D eigenvalue weighted by Crippen LogP contribution is -1.82. The van der Waals surface area contributed by atoms with Gasteiger partial charge in [0, 0.05) is 4.90 Å². The lowest BCUT2D eigenvalue weighted by Gasteiger charge is -2.07. The lowest BCUT2D eigenvalue weighted by atomic mass is 10.2. The number of allylic oxidation sites excluding steroid dienone is 3. The Morgan fingerprint density at radius 2 is 2.00 bits per heavy atom. The van der Waals surface area contributed by atoms with Crippen LogP contribution in [0.3, 0.4) is 0 Å². The molecule has 17 heavy (non-hydrogen) atoms. The third kappa shape index (κ3) is 6.38. The van der Waals surface area contributed by atoms with E-state index in [4.69, 9.17) is 0 Å². The van der Waals surface area contributed by atoms with Crippen LogP contribution in [0.5, 0.6) is 0 Å². The minimum atomic E-state index is 1.00. The van der Waals surface area contributed by atoms with E-state index in [-0.39, 0.29) is 0 Å². The monoisotopic (exact) mass is 246 g/mol. The fourth-order valence-corrected chi connectivity index (χ4v) is 2.67. The molecule has 1 aromatic rings. The molecule has 1 aromatic carbocycles. The highest BCUT2D eigenvalue weighted by Gasteiger charge is 2.01. The molecule has 0 aliphatic heterocycles. The van der Waals surface area contributed by atoms with Gasteiger partial charge in [-0.15, -0.1) is 0 Å². The van der Waals surface area contributed by atoms with Crippen LogP contribution < -0.4 is 0 Å². The van der Waals surface area contributed by atoms with Gasteiger partial charge in [0.25, 0.3) is 0 Å². The third-order valence-corrected chi connectivity index (χ3v) is 3.48. The van der Waals surface area contributed by atoms with Crippen LogP contribution in [0.25, 0.3) is 0 Å². The molecule has 0 atom stereocenters. The van der Waals surface area contributed by atoms with E-state index in [2.05, 4.69) is 56.8 Å². The van der Waals surface area contributed by atoms with Crippen LogP contribution in [0.1, 0.15) is 39.5 Å². The molecule has 0 aromatic heterocycles. The van der Waals surface area contributed by atoms with Crippen molar-refractivity contribution in [3.63, 3.8) is 0 Å². The topological polar surface area (TPSA) is 0 Å². The van der Waals surface area contributed by atoms with Crippen molar-refractivity contribution in [1.82, 2.24) is 0 Å². The fourth-order valence-electron chi connectivity index (χ4n) is 1.55. The van der Waals surface area contributed by atoms with E-state index in [9.17, 15) is 0 Å². The Labute approximate surface area is 110 Å². The molecule has 0 unspecified atom stereocenters. The molecule has 0 radical (unpaired) electrons. The van der Waals surface area contributed by atoms with Gasteiger partial charge in [0.2, 0.25) is 0 Å². The van der Waals surface area contributed by atoms with E-state index >= 15 is 0 Å². The molecule has 1 rings (SSSR count). The molecule has 0 aliphatic carbocycles. The highest BCUT2D eigenvalue weighted by Crippen LogP contribution is 2.31. The van der Waals surface area contributed by atoms with Crippen LogP contribution in [-0.2, 0) is 0 Å². The molecule has 0 saturated carbocycles. The van der Waals surface area contributed by atoms with Crippen LogP contribution in [0.2, 0.25) is 0 Å². The summed E-state index contributed by atoms with van der Waals surface area (Å²) < 4.78 is 0. The van der Waals surface area contributed by atoms with Crippen LogP contribution in [0.15, 0.2) is 58.4 Å². The molecule has 0 bridgehead atoms. The second kappa shape index (κ2) is 8.19. The van der Waals surface area contributed by atoms with Crippen molar-refractivity contribution in [2.75, 3.05) is 0 Å². The van der Waals surface area contributed by atoms with Crippen LogP contribution in [0, 0.1) is 0 Å². The Kier molecular flexibility index (Phi) is 6.80. The van der Waals surface area contributed by atoms with Gasteiger partial charge in [0.15, 0.2) is 0 Å². The predicted molar refractivity (Wildman–Crippen MR) is 79.3 cm³/mol. The third-order valence-electron chi connectivity index (χ3n) is 2.40. The molecule has 1 heteroatoms. The zero-order chi connectivity index (χ0) is 12.5. The molecule has 0 saturated heterocycles. The minimum absolute atomic E-state index is 1.00. The molecule has 0 nitrogen and oxygen atoms in total. The normalized spacial score (nSPS) is 11.5. The first-order chi connectivity index (χ1) is 8.22. The van der Waals surface area contributed by atoms with E-state index in [1.54, 1.807) is 0 Å². The van der Waals surface area contributed by atoms with Crippen LogP contribution >= 0.6 is 11.8 Å². The van der Waals surface area contributed by atoms with E-state index in [1.807, 2.05) is 11.8 Å². The summed E-state index contributed by atoms with van der Waals surface area (Å²) in [6, 6.07) is 10.6. The number of unbranched alkanes of at least 4 members (excludes halogenated alkanes) is 2. The standard InChI is InChI=1S/C16H22S/c1-4-5-7-12-16(13-14(2)3)17-15-10-8-6-9-11-15/h6,8-12H,2,4-5,7,13H2,1,3H3/b16-12-. The number of hydrogen-bond acceptors (Lipinski definition) is 1. The van der Waals surface area contributed by atoms with Crippen molar-refractivity contribution in [2.45, 2.75) is 44.4 Å². The fraction of sp³-hybridized carbons (Fsp3) is 0.375. The zero-order valence-electron chi connectivity index (χ0n) is 10.9. The number of benzene rings is 1. The van der Waals surface area contributed by atoms with E-state index in [1.165, 1.54) is 34.6 Å². The smallest absolute Gasteiger partial charge is 0.0119 e. The first-order valence-corrected chi connectivity index (χ1v) is 7.10. The summed E-state index contributed by atoms with van der Waals surface area (Å²) in [7, 11) is 0. The highest BCUT2D eigenvalue weighted by molar-refractivity contribution is 8.03. The Morgan fingerprint density at radius 3 is 2.59 bits per heavy atom. The van der Waals surface area contributed by atoms with Crippen LogP contribution in [-0.4, -0.2) is 0 Å². The molecule has 0 spiro atoms. The Morgan fingerprint density at radius 1 is 1.29 bits per heavy atom. The maximum absolute atomic E-state index is 4.01. The number of hydrogen-bond donors (Lipinski definition) is 0. The van der Waals surface area contributed by atoms with Gasteiger partial charge >= 0.3 is 0 Å². The first kappa shape index (κ1) is 14.1. The molecule has 0 N–H and O–H groups in total. The number of thioether (sulfide) groups is 1. The molecule has 0 aliphatic rings. The van der Waals surface area contributed by atoms with Crippen molar-refractivity contribution in [1.29, 1.82) is 0 Å². The minimum Gasteiger partial charge on any atom is -0.0998 e. The summed E-state index contributed by atoms with van der Waals surface area (Å²) in [5.41, 5.74) is 1.23. The van der Waals surface area contributed by atoms with Gasteiger partial charge in [-0.1, -0.05) is 68.0 Å². The average Bonchev–Trinajstić information content (AvgIpc) is 2.30. The molecule has 0 amide bonds. The summed E-state index contributed by atoms with van der Waals surface area (Å²) in [6.45, 7) is 8.34. The lowest BCUT2D eigenvalue weighted by molar-refractivity contribution is 0.812. The highest BCUT2D eigenvalue weighted by atomic mass is 32.2. The second-order valence-electron chi connectivity index (χ2n) is 4.36. The van der Waals surface area contributed by atoms with E-state index in [0.717, 1.165) is 6.42 Å². The summed E-state index contributed by atoms with van der Waals surface area (Å²) in [5, 5.41) is 0. The van der Waals surface area contributed by atoms with Gasteiger partial charge in [-0.2, -0.15) is 0 Å². The molecular weight excluding hydrogens is 224 g/mol.